The lowest BCUT2D eigenvalue weighted by Crippen LogP contribution is -2.43. The van der Waals surface area contributed by atoms with E-state index in [9.17, 15) is 9.59 Å². The number of carboxylic acids is 1. The fourth-order valence-electron chi connectivity index (χ4n) is 1.88. The van der Waals surface area contributed by atoms with Crippen LogP contribution in [-0.2, 0) is 9.59 Å². The van der Waals surface area contributed by atoms with Crippen molar-refractivity contribution in [3.8, 4) is 0 Å². The molecule has 0 radical (unpaired) electrons. The predicted molar refractivity (Wildman–Crippen MR) is 76.8 cm³/mol. The summed E-state index contributed by atoms with van der Waals surface area (Å²) in [4.78, 5) is 24.7. The highest BCUT2D eigenvalue weighted by atomic mass is 16.4. The molecule has 0 bridgehead atoms. The Morgan fingerprint density at radius 1 is 1.21 bits per heavy atom. The summed E-state index contributed by atoms with van der Waals surface area (Å²) in [5, 5.41) is 8.74. The van der Waals surface area contributed by atoms with Crippen LogP contribution in [0.4, 0.5) is 0 Å². The van der Waals surface area contributed by atoms with E-state index in [0.717, 1.165) is 12.5 Å². The zero-order chi connectivity index (χ0) is 15.2. The molecule has 0 saturated carbocycles. The summed E-state index contributed by atoms with van der Waals surface area (Å²) in [7, 11) is 1.75. The minimum Gasteiger partial charge on any atom is -0.478 e. The summed E-state index contributed by atoms with van der Waals surface area (Å²) in [6.07, 6.45) is 3.63. The monoisotopic (exact) mass is 269 g/mol. The van der Waals surface area contributed by atoms with Crippen LogP contribution in [-0.4, -0.2) is 35.0 Å². The summed E-state index contributed by atoms with van der Waals surface area (Å²) >= 11 is 0. The summed E-state index contributed by atoms with van der Waals surface area (Å²) in [5.41, 5.74) is 0. The van der Waals surface area contributed by atoms with E-state index in [0.29, 0.717) is 0 Å². The number of hydrogen-bond donors (Lipinski definition) is 1. The van der Waals surface area contributed by atoms with Crippen molar-refractivity contribution in [3.63, 3.8) is 0 Å². The molecule has 0 aromatic carbocycles. The highest BCUT2D eigenvalue weighted by Gasteiger charge is 2.27. The van der Waals surface area contributed by atoms with Gasteiger partial charge in [-0.1, -0.05) is 47.1 Å². The molecule has 0 aliphatic heterocycles. The van der Waals surface area contributed by atoms with E-state index >= 15 is 0 Å². The number of carbonyl (C=O) groups is 2. The second-order valence-electron chi connectivity index (χ2n) is 5.56. The van der Waals surface area contributed by atoms with Crippen LogP contribution in [0.15, 0.2) is 12.2 Å². The smallest absolute Gasteiger partial charge is 0.328 e. The van der Waals surface area contributed by atoms with Crippen LogP contribution in [0.2, 0.25) is 0 Å². The first-order chi connectivity index (χ1) is 8.72. The lowest BCUT2D eigenvalue weighted by Gasteiger charge is -2.33. The average Bonchev–Trinajstić information content (AvgIpc) is 2.35. The van der Waals surface area contributed by atoms with Gasteiger partial charge >= 0.3 is 5.97 Å². The first kappa shape index (κ1) is 17.7. The average molecular weight is 269 g/mol. The lowest BCUT2D eigenvalue weighted by atomic mass is 9.93. The molecule has 1 unspecified atom stereocenters. The largest absolute Gasteiger partial charge is 0.478 e. The van der Waals surface area contributed by atoms with Crippen molar-refractivity contribution in [3.05, 3.63) is 12.2 Å². The molecule has 0 rings (SSSR count). The summed E-state index contributed by atoms with van der Waals surface area (Å²) in [6.45, 7) is 10.0. The summed E-state index contributed by atoms with van der Waals surface area (Å²) in [6, 6.07) is -0.171. The number of amides is 1. The van der Waals surface area contributed by atoms with Crippen LogP contribution in [0.5, 0.6) is 0 Å². The van der Waals surface area contributed by atoms with Gasteiger partial charge in [0.25, 0.3) is 0 Å². The van der Waals surface area contributed by atoms with E-state index in [-0.39, 0.29) is 29.7 Å². The molecule has 110 valence electrons. The molecule has 4 nitrogen and oxygen atoms in total. The molecule has 1 amide bonds. The van der Waals surface area contributed by atoms with Crippen LogP contribution < -0.4 is 0 Å². The molecular formula is C15H27NO3. The minimum absolute atomic E-state index is 0.0604. The number of rotatable bonds is 7. The minimum atomic E-state index is -0.980. The third-order valence-corrected chi connectivity index (χ3v) is 3.85. The van der Waals surface area contributed by atoms with Crippen LogP contribution in [0, 0.1) is 17.8 Å². The highest BCUT2D eigenvalue weighted by Crippen LogP contribution is 2.20. The van der Waals surface area contributed by atoms with Gasteiger partial charge < -0.3 is 10.0 Å². The topological polar surface area (TPSA) is 57.6 Å². The maximum Gasteiger partial charge on any atom is 0.328 e. The fraction of sp³-hybridized carbons (Fsp3) is 0.733. The van der Waals surface area contributed by atoms with E-state index in [4.69, 9.17) is 5.11 Å². The maximum atomic E-state index is 12.3. The van der Waals surface area contributed by atoms with Crippen molar-refractivity contribution in [2.75, 3.05) is 7.05 Å². The fourth-order valence-corrected chi connectivity index (χ4v) is 1.88. The zero-order valence-corrected chi connectivity index (χ0v) is 12.9. The number of likely N-dealkylation sites (N-methyl/N-ethyl adjacent to an activating group) is 1. The van der Waals surface area contributed by atoms with Gasteiger partial charge in [-0.15, -0.1) is 0 Å². The van der Waals surface area contributed by atoms with Gasteiger partial charge in [0.2, 0.25) is 5.91 Å². The maximum absolute atomic E-state index is 12.3. The molecule has 0 heterocycles. The van der Waals surface area contributed by atoms with Crippen molar-refractivity contribution in [2.45, 2.75) is 47.1 Å². The molecule has 0 saturated heterocycles. The van der Waals surface area contributed by atoms with Crippen molar-refractivity contribution >= 4 is 11.9 Å². The van der Waals surface area contributed by atoms with Crippen LogP contribution in [0.1, 0.15) is 41.0 Å². The van der Waals surface area contributed by atoms with Crippen LogP contribution in [0.25, 0.3) is 0 Å². The number of aliphatic carboxylic acids is 1. The number of carboxylic acid groups (broad SMARTS) is 1. The third kappa shape index (κ3) is 5.45. The van der Waals surface area contributed by atoms with Crippen molar-refractivity contribution in [1.82, 2.24) is 4.90 Å². The predicted octanol–water partition coefficient (Wildman–Crippen LogP) is 2.79. The Hall–Kier alpha value is -1.32. The molecule has 0 aromatic rings. The zero-order valence-electron chi connectivity index (χ0n) is 12.9. The van der Waals surface area contributed by atoms with E-state index in [1.54, 1.807) is 18.0 Å². The lowest BCUT2D eigenvalue weighted by molar-refractivity contribution is -0.137. The second-order valence-corrected chi connectivity index (χ2v) is 5.56. The molecule has 1 N–H and O–H groups in total. The van der Waals surface area contributed by atoms with Crippen LogP contribution >= 0.6 is 0 Å². The SMILES string of the molecule is CC[C@H](C)C(/C=C/C(=O)O)N(C)C(=O)[C@@H](C)C(C)C. The van der Waals surface area contributed by atoms with Gasteiger partial charge in [0.1, 0.15) is 0 Å². The van der Waals surface area contributed by atoms with Crippen molar-refractivity contribution in [1.29, 1.82) is 0 Å². The van der Waals surface area contributed by atoms with Gasteiger partial charge in [-0.05, 0) is 11.8 Å². The first-order valence-electron chi connectivity index (χ1n) is 6.90. The molecule has 0 spiro atoms. The van der Waals surface area contributed by atoms with Gasteiger partial charge in [-0.3, -0.25) is 4.79 Å². The molecule has 0 aliphatic rings. The molecule has 3 atom stereocenters. The quantitative estimate of drug-likeness (QED) is 0.723. The van der Waals surface area contributed by atoms with Gasteiger partial charge in [-0.25, -0.2) is 4.79 Å². The Morgan fingerprint density at radius 3 is 2.11 bits per heavy atom. The van der Waals surface area contributed by atoms with Crippen LogP contribution in [0.3, 0.4) is 0 Å². The molecule has 4 heteroatoms. The molecule has 19 heavy (non-hydrogen) atoms. The molecule has 0 aromatic heterocycles. The van der Waals surface area contributed by atoms with Crippen molar-refractivity contribution < 1.29 is 14.7 Å². The first-order valence-corrected chi connectivity index (χ1v) is 6.90. The second kappa shape index (κ2) is 7.97. The van der Waals surface area contributed by atoms with E-state index in [2.05, 4.69) is 0 Å². The van der Waals surface area contributed by atoms with E-state index in [1.165, 1.54) is 0 Å². The Bertz CT molecular complexity index is 336. The van der Waals surface area contributed by atoms with Gasteiger partial charge in [-0.2, -0.15) is 0 Å². The molecule has 0 fully saturated rings. The summed E-state index contributed by atoms with van der Waals surface area (Å²) < 4.78 is 0. The third-order valence-electron chi connectivity index (χ3n) is 3.85. The molecule has 0 aliphatic carbocycles. The number of hydrogen-bond acceptors (Lipinski definition) is 2. The Morgan fingerprint density at radius 2 is 1.74 bits per heavy atom. The van der Waals surface area contributed by atoms with Gasteiger partial charge in [0.15, 0.2) is 0 Å². The normalized spacial score (nSPS) is 16.4. The standard InChI is InChI=1S/C15H27NO3/c1-7-11(4)13(8-9-14(17)18)16(6)15(19)12(5)10(2)3/h8-13H,7H2,1-6H3,(H,17,18)/b9-8+/t11-,12-,13?/m0/s1. The Balaban J connectivity index is 5.05. The van der Waals surface area contributed by atoms with E-state index < -0.39 is 5.97 Å². The van der Waals surface area contributed by atoms with Gasteiger partial charge in [0.05, 0.1) is 6.04 Å². The van der Waals surface area contributed by atoms with Crippen molar-refractivity contribution in [2.24, 2.45) is 17.8 Å². The Kier molecular flexibility index (Phi) is 7.42. The number of carbonyl (C=O) groups excluding carboxylic acids is 1. The number of nitrogens with zero attached hydrogens (tertiary/aromatic N) is 1. The highest BCUT2D eigenvalue weighted by molar-refractivity contribution is 5.81. The Labute approximate surface area is 116 Å². The van der Waals surface area contributed by atoms with Gasteiger partial charge in [0, 0.05) is 19.0 Å². The molecular weight excluding hydrogens is 242 g/mol. The summed E-state index contributed by atoms with van der Waals surface area (Å²) in [5.74, 6) is -0.476. The van der Waals surface area contributed by atoms with E-state index in [1.807, 2.05) is 34.6 Å².